The second kappa shape index (κ2) is 5.66. The quantitative estimate of drug-likeness (QED) is 0.463. The fourth-order valence-electron chi connectivity index (χ4n) is 1.80. The summed E-state index contributed by atoms with van der Waals surface area (Å²) in [6, 6.07) is 4.42. The third-order valence-electron chi connectivity index (χ3n) is 2.96. The first-order chi connectivity index (χ1) is 7.54. The van der Waals surface area contributed by atoms with Crippen LogP contribution in [0.4, 0.5) is 0 Å². The first kappa shape index (κ1) is 12.7. The Hall–Kier alpha value is -1.35. The monoisotopic (exact) mass is 220 g/mol. The molecule has 0 radical (unpaired) electrons. The van der Waals surface area contributed by atoms with Crippen LogP contribution in [0.5, 0.6) is 0 Å². The molecule has 0 fully saturated rings. The summed E-state index contributed by atoms with van der Waals surface area (Å²) in [7, 11) is 0. The Balaban J connectivity index is 2.60. The second-order valence-electron chi connectivity index (χ2n) is 4.28. The van der Waals surface area contributed by atoms with Gasteiger partial charge in [-0.2, -0.15) is 0 Å². The molecule has 0 aliphatic rings. The van der Waals surface area contributed by atoms with Crippen LogP contribution >= 0.6 is 0 Å². The van der Waals surface area contributed by atoms with Gasteiger partial charge in [-0.25, -0.2) is 5.84 Å². The number of carbonyl (C=O) groups is 1. The maximum atomic E-state index is 11.0. The predicted molar refractivity (Wildman–Crippen MR) is 65.9 cm³/mol. The van der Waals surface area contributed by atoms with E-state index in [0.29, 0.717) is 6.42 Å². The first-order valence-corrected chi connectivity index (χ1v) is 5.60. The van der Waals surface area contributed by atoms with Crippen LogP contribution in [0.25, 0.3) is 0 Å². The first-order valence-electron chi connectivity index (χ1n) is 5.60. The van der Waals surface area contributed by atoms with Crippen molar-refractivity contribution < 1.29 is 4.79 Å². The van der Waals surface area contributed by atoms with Crippen molar-refractivity contribution in [3.63, 3.8) is 0 Å². The van der Waals surface area contributed by atoms with Crippen molar-refractivity contribution in [2.45, 2.75) is 40.0 Å². The Morgan fingerprint density at radius 3 is 2.44 bits per heavy atom. The summed E-state index contributed by atoms with van der Waals surface area (Å²) >= 11 is 0. The van der Waals surface area contributed by atoms with Crippen molar-refractivity contribution in [2.24, 2.45) is 5.84 Å². The van der Waals surface area contributed by atoms with Gasteiger partial charge in [0.25, 0.3) is 0 Å². The van der Waals surface area contributed by atoms with E-state index in [-0.39, 0.29) is 5.91 Å². The fraction of sp³-hybridized carbons (Fsp3) is 0.462. The predicted octanol–water partition coefficient (Wildman–Crippen LogP) is 1.92. The van der Waals surface area contributed by atoms with E-state index in [1.807, 2.05) is 0 Å². The zero-order chi connectivity index (χ0) is 12.1. The molecule has 0 bridgehead atoms. The SMILES string of the molecule is Cc1cc(C)c(CCCC(=O)NN)cc1C. The van der Waals surface area contributed by atoms with Crippen molar-refractivity contribution in [3.05, 3.63) is 34.4 Å². The van der Waals surface area contributed by atoms with Gasteiger partial charge < -0.3 is 0 Å². The minimum Gasteiger partial charge on any atom is -0.294 e. The summed E-state index contributed by atoms with van der Waals surface area (Å²) in [5.74, 6) is 4.93. The Labute approximate surface area is 97.0 Å². The van der Waals surface area contributed by atoms with E-state index in [9.17, 15) is 4.79 Å². The smallest absolute Gasteiger partial charge is 0.233 e. The summed E-state index contributed by atoms with van der Waals surface area (Å²) in [4.78, 5) is 11.0. The molecular weight excluding hydrogens is 200 g/mol. The number of carbonyl (C=O) groups excluding carboxylic acids is 1. The van der Waals surface area contributed by atoms with Gasteiger partial charge in [0, 0.05) is 6.42 Å². The molecule has 0 spiro atoms. The van der Waals surface area contributed by atoms with Crippen LogP contribution in [0.2, 0.25) is 0 Å². The number of nitrogens with one attached hydrogen (secondary N) is 1. The molecule has 88 valence electrons. The highest BCUT2D eigenvalue weighted by molar-refractivity contribution is 5.75. The van der Waals surface area contributed by atoms with Crippen LogP contribution in [-0.2, 0) is 11.2 Å². The van der Waals surface area contributed by atoms with E-state index in [1.165, 1.54) is 22.3 Å². The summed E-state index contributed by atoms with van der Waals surface area (Å²) in [6.07, 6.45) is 2.26. The molecule has 1 aromatic carbocycles. The maximum absolute atomic E-state index is 11.0. The Bertz CT molecular complexity index is 386. The molecule has 0 aliphatic carbocycles. The van der Waals surface area contributed by atoms with Gasteiger partial charge in [0.2, 0.25) is 5.91 Å². The topological polar surface area (TPSA) is 55.1 Å². The van der Waals surface area contributed by atoms with Crippen LogP contribution in [0.1, 0.15) is 35.1 Å². The number of aryl methyl sites for hydroxylation is 4. The Kier molecular flexibility index (Phi) is 4.50. The van der Waals surface area contributed by atoms with Crippen LogP contribution in [0, 0.1) is 20.8 Å². The van der Waals surface area contributed by atoms with Gasteiger partial charge in [0.05, 0.1) is 0 Å². The lowest BCUT2D eigenvalue weighted by Gasteiger charge is -2.09. The van der Waals surface area contributed by atoms with Gasteiger partial charge in [-0.05, 0) is 55.9 Å². The second-order valence-corrected chi connectivity index (χ2v) is 4.28. The van der Waals surface area contributed by atoms with Gasteiger partial charge in [-0.1, -0.05) is 12.1 Å². The average molecular weight is 220 g/mol. The van der Waals surface area contributed by atoms with Crippen molar-refractivity contribution in [1.29, 1.82) is 0 Å². The molecule has 1 amide bonds. The third-order valence-corrected chi connectivity index (χ3v) is 2.96. The molecule has 3 nitrogen and oxygen atoms in total. The highest BCUT2D eigenvalue weighted by Crippen LogP contribution is 2.17. The Morgan fingerprint density at radius 1 is 1.19 bits per heavy atom. The van der Waals surface area contributed by atoms with Crippen molar-refractivity contribution in [3.8, 4) is 0 Å². The third kappa shape index (κ3) is 3.35. The lowest BCUT2D eigenvalue weighted by atomic mass is 9.97. The van der Waals surface area contributed by atoms with E-state index in [1.54, 1.807) is 0 Å². The highest BCUT2D eigenvalue weighted by atomic mass is 16.2. The van der Waals surface area contributed by atoms with Crippen LogP contribution in [-0.4, -0.2) is 5.91 Å². The van der Waals surface area contributed by atoms with Crippen molar-refractivity contribution in [1.82, 2.24) is 5.43 Å². The summed E-state index contributed by atoms with van der Waals surface area (Å²) in [5, 5.41) is 0. The highest BCUT2D eigenvalue weighted by Gasteiger charge is 2.03. The van der Waals surface area contributed by atoms with Crippen molar-refractivity contribution >= 4 is 5.91 Å². The summed E-state index contributed by atoms with van der Waals surface area (Å²) < 4.78 is 0. The van der Waals surface area contributed by atoms with Gasteiger partial charge in [-0.15, -0.1) is 0 Å². The van der Waals surface area contributed by atoms with E-state index >= 15 is 0 Å². The number of hydrazine groups is 1. The standard InChI is InChI=1S/C13H20N2O/c1-9-7-11(3)12(8-10(9)2)5-4-6-13(16)15-14/h7-8H,4-6,14H2,1-3H3,(H,15,16). The molecule has 0 saturated heterocycles. The minimum absolute atomic E-state index is 0.0958. The molecule has 0 aromatic heterocycles. The van der Waals surface area contributed by atoms with Gasteiger partial charge >= 0.3 is 0 Å². The zero-order valence-corrected chi connectivity index (χ0v) is 10.3. The van der Waals surface area contributed by atoms with Gasteiger partial charge in [0.15, 0.2) is 0 Å². The lowest BCUT2D eigenvalue weighted by molar-refractivity contribution is -0.121. The van der Waals surface area contributed by atoms with E-state index in [2.05, 4.69) is 38.3 Å². The number of benzene rings is 1. The number of hydrogen-bond acceptors (Lipinski definition) is 2. The molecule has 3 N–H and O–H groups in total. The van der Waals surface area contributed by atoms with Gasteiger partial charge in [0.1, 0.15) is 0 Å². The fourth-order valence-corrected chi connectivity index (χ4v) is 1.80. The largest absolute Gasteiger partial charge is 0.294 e. The minimum atomic E-state index is -0.0958. The van der Waals surface area contributed by atoms with Crippen molar-refractivity contribution in [2.75, 3.05) is 0 Å². The van der Waals surface area contributed by atoms with Gasteiger partial charge in [-0.3, -0.25) is 10.2 Å². The normalized spacial score (nSPS) is 10.2. The van der Waals surface area contributed by atoms with E-state index in [4.69, 9.17) is 5.84 Å². The maximum Gasteiger partial charge on any atom is 0.233 e. The van der Waals surface area contributed by atoms with Crippen LogP contribution in [0.15, 0.2) is 12.1 Å². The molecule has 0 atom stereocenters. The van der Waals surface area contributed by atoms with E-state index in [0.717, 1.165) is 12.8 Å². The number of nitrogens with two attached hydrogens (primary N) is 1. The molecule has 3 heteroatoms. The number of rotatable bonds is 4. The van der Waals surface area contributed by atoms with Crippen LogP contribution in [0.3, 0.4) is 0 Å². The molecule has 0 saturated carbocycles. The molecule has 0 unspecified atom stereocenters. The number of amides is 1. The molecule has 16 heavy (non-hydrogen) atoms. The molecule has 0 aliphatic heterocycles. The summed E-state index contributed by atoms with van der Waals surface area (Å²) in [5.41, 5.74) is 7.41. The van der Waals surface area contributed by atoms with Crippen LogP contribution < -0.4 is 11.3 Å². The van der Waals surface area contributed by atoms with E-state index < -0.39 is 0 Å². The zero-order valence-electron chi connectivity index (χ0n) is 10.3. The number of hydrogen-bond donors (Lipinski definition) is 2. The molecule has 0 heterocycles. The Morgan fingerprint density at radius 2 is 1.81 bits per heavy atom. The average Bonchev–Trinajstić information content (AvgIpc) is 2.25. The lowest BCUT2D eigenvalue weighted by Crippen LogP contribution is -2.29. The molecule has 1 rings (SSSR count). The summed E-state index contributed by atoms with van der Waals surface area (Å²) in [6.45, 7) is 6.35. The molecule has 1 aromatic rings. The molecular formula is C13H20N2O.